The van der Waals surface area contributed by atoms with Gasteiger partial charge in [0, 0.05) is 5.56 Å². The van der Waals surface area contributed by atoms with Crippen LogP contribution in [0.15, 0.2) is 35.9 Å². The summed E-state index contributed by atoms with van der Waals surface area (Å²) in [5.41, 5.74) is 8.22. The summed E-state index contributed by atoms with van der Waals surface area (Å²) < 4.78 is 21.0. The Labute approximate surface area is 153 Å². The summed E-state index contributed by atoms with van der Waals surface area (Å²) in [6.45, 7) is 1.74. The van der Waals surface area contributed by atoms with Gasteiger partial charge >= 0.3 is 0 Å². The molecule has 2 aromatic rings. The normalized spacial score (nSPS) is 11.0. The molecule has 0 fully saturated rings. The van der Waals surface area contributed by atoms with E-state index in [1.807, 2.05) is 6.07 Å². The van der Waals surface area contributed by atoms with Crippen LogP contribution in [-0.2, 0) is 0 Å². The number of Topliss-reactive ketones (excluding diaryl/α,β-unsaturated/α-hetero) is 1. The van der Waals surface area contributed by atoms with Crippen molar-refractivity contribution in [2.45, 2.75) is 6.92 Å². The first-order valence-electron chi connectivity index (χ1n) is 7.91. The van der Waals surface area contributed by atoms with Gasteiger partial charge in [-0.15, -0.1) is 0 Å². The molecule has 0 aliphatic carbocycles. The smallest absolute Gasteiger partial charge is 0.203 e. The lowest BCUT2D eigenvalue weighted by Gasteiger charge is -2.14. The molecule has 2 aromatic carbocycles. The molecule has 0 spiro atoms. The van der Waals surface area contributed by atoms with E-state index in [9.17, 15) is 4.79 Å². The maximum Gasteiger partial charge on any atom is 0.203 e. The molecule has 2 N–H and O–H groups in total. The minimum atomic E-state index is -0.154. The van der Waals surface area contributed by atoms with E-state index in [2.05, 4.69) is 0 Å². The number of nitrogen functional groups attached to an aromatic ring is 1. The molecule has 0 saturated heterocycles. The Morgan fingerprint density at radius 2 is 1.46 bits per heavy atom. The van der Waals surface area contributed by atoms with E-state index in [1.165, 1.54) is 21.3 Å². The summed E-state index contributed by atoms with van der Waals surface area (Å²) in [5.74, 6) is 1.74. The SMILES string of the molecule is COc1ccc(C=C(C)C(=O)c2cc(OC)c(OC)c(OC)c2)cc1N. The van der Waals surface area contributed by atoms with Gasteiger partial charge in [0.1, 0.15) is 5.75 Å². The van der Waals surface area contributed by atoms with Crippen LogP contribution in [0, 0.1) is 0 Å². The molecule has 0 aliphatic heterocycles. The predicted octanol–water partition coefficient (Wildman–Crippen LogP) is 3.59. The van der Waals surface area contributed by atoms with Crippen molar-refractivity contribution in [3.63, 3.8) is 0 Å². The third-order valence-electron chi connectivity index (χ3n) is 3.92. The van der Waals surface area contributed by atoms with Gasteiger partial charge < -0.3 is 24.7 Å². The van der Waals surface area contributed by atoms with Crippen molar-refractivity contribution in [3.05, 3.63) is 47.0 Å². The van der Waals surface area contributed by atoms with Crippen molar-refractivity contribution in [1.82, 2.24) is 0 Å². The van der Waals surface area contributed by atoms with Crippen LogP contribution in [0.3, 0.4) is 0 Å². The zero-order valence-electron chi connectivity index (χ0n) is 15.6. The van der Waals surface area contributed by atoms with Crippen molar-refractivity contribution in [2.24, 2.45) is 0 Å². The van der Waals surface area contributed by atoms with Crippen molar-refractivity contribution >= 4 is 17.5 Å². The number of ketones is 1. The summed E-state index contributed by atoms with van der Waals surface area (Å²) in [4.78, 5) is 12.8. The number of carbonyl (C=O) groups excluding carboxylic acids is 1. The van der Waals surface area contributed by atoms with Crippen molar-refractivity contribution < 1.29 is 23.7 Å². The first-order chi connectivity index (χ1) is 12.4. The largest absolute Gasteiger partial charge is 0.495 e. The number of allylic oxidation sites excluding steroid dienone is 1. The molecule has 0 atom stereocenters. The second-order valence-corrected chi connectivity index (χ2v) is 5.57. The monoisotopic (exact) mass is 357 g/mol. The number of nitrogens with two attached hydrogens (primary N) is 1. The number of methoxy groups -OCH3 is 4. The lowest BCUT2D eigenvalue weighted by Crippen LogP contribution is -2.04. The Bertz CT molecular complexity index is 817. The highest BCUT2D eigenvalue weighted by Crippen LogP contribution is 2.38. The second-order valence-electron chi connectivity index (χ2n) is 5.57. The van der Waals surface area contributed by atoms with Crippen LogP contribution >= 0.6 is 0 Å². The van der Waals surface area contributed by atoms with Gasteiger partial charge in [0.2, 0.25) is 5.75 Å². The first-order valence-corrected chi connectivity index (χ1v) is 7.91. The summed E-state index contributed by atoms with van der Waals surface area (Å²) in [6.07, 6.45) is 1.77. The molecule has 6 nitrogen and oxygen atoms in total. The van der Waals surface area contributed by atoms with Crippen LogP contribution in [0.5, 0.6) is 23.0 Å². The number of hydrogen-bond acceptors (Lipinski definition) is 6. The zero-order chi connectivity index (χ0) is 19.3. The van der Waals surface area contributed by atoms with Gasteiger partial charge in [-0.25, -0.2) is 0 Å². The predicted molar refractivity (Wildman–Crippen MR) is 101 cm³/mol. The molecule has 0 aromatic heterocycles. The topological polar surface area (TPSA) is 80.0 Å². The Morgan fingerprint density at radius 3 is 1.92 bits per heavy atom. The molecule has 2 rings (SSSR count). The molecule has 6 heteroatoms. The molecule has 26 heavy (non-hydrogen) atoms. The highest BCUT2D eigenvalue weighted by Gasteiger charge is 2.18. The van der Waals surface area contributed by atoms with Crippen LogP contribution in [0.25, 0.3) is 6.08 Å². The molecule has 0 amide bonds. The summed E-state index contributed by atoms with van der Waals surface area (Å²) >= 11 is 0. The number of benzene rings is 2. The molecule has 0 saturated carbocycles. The van der Waals surface area contributed by atoms with E-state index in [1.54, 1.807) is 44.4 Å². The number of rotatable bonds is 7. The van der Waals surface area contributed by atoms with Gasteiger partial charge in [0.15, 0.2) is 17.3 Å². The maximum absolute atomic E-state index is 12.8. The molecular formula is C20H23NO5. The van der Waals surface area contributed by atoms with E-state index in [0.717, 1.165) is 5.56 Å². The van der Waals surface area contributed by atoms with Crippen LogP contribution in [0.4, 0.5) is 5.69 Å². The average Bonchev–Trinajstić information content (AvgIpc) is 2.66. The highest BCUT2D eigenvalue weighted by atomic mass is 16.5. The number of anilines is 1. The Hall–Kier alpha value is -3.15. The fourth-order valence-electron chi connectivity index (χ4n) is 2.60. The Balaban J connectivity index is 2.40. The molecule has 0 aliphatic rings. The van der Waals surface area contributed by atoms with Gasteiger partial charge in [-0.3, -0.25) is 4.79 Å². The molecule has 0 bridgehead atoms. The molecule has 138 valence electrons. The number of ether oxygens (including phenoxy) is 4. The van der Waals surface area contributed by atoms with E-state index in [-0.39, 0.29) is 5.78 Å². The fourth-order valence-corrected chi connectivity index (χ4v) is 2.60. The van der Waals surface area contributed by atoms with E-state index < -0.39 is 0 Å². The van der Waals surface area contributed by atoms with Crippen molar-refractivity contribution in [2.75, 3.05) is 34.2 Å². The minimum absolute atomic E-state index is 0.154. The minimum Gasteiger partial charge on any atom is -0.495 e. The van der Waals surface area contributed by atoms with Crippen molar-refractivity contribution in [3.8, 4) is 23.0 Å². The summed E-state index contributed by atoms with van der Waals surface area (Å²) in [5, 5.41) is 0. The van der Waals surface area contributed by atoms with E-state index in [0.29, 0.717) is 39.8 Å². The van der Waals surface area contributed by atoms with Gasteiger partial charge in [0.25, 0.3) is 0 Å². The van der Waals surface area contributed by atoms with Gasteiger partial charge in [0.05, 0.1) is 34.1 Å². The maximum atomic E-state index is 12.8. The molecule has 0 radical (unpaired) electrons. The number of hydrogen-bond donors (Lipinski definition) is 1. The lowest BCUT2D eigenvalue weighted by molar-refractivity contribution is 0.103. The van der Waals surface area contributed by atoms with Crippen LogP contribution < -0.4 is 24.7 Å². The second kappa shape index (κ2) is 8.29. The Morgan fingerprint density at radius 1 is 0.885 bits per heavy atom. The highest BCUT2D eigenvalue weighted by molar-refractivity contribution is 6.11. The quantitative estimate of drug-likeness (QED) is 0.463. The standard InChI is InChI=1S/C20H23NO5/c1-12(8-13-6-7-16(23-2)15(21)9-13)19(22)14-10-17(24-3)20(26-5)18(11-14)25-4/h6-11H,21H2,1-5H3. The summed E-state index contributed by atoms with van der Waals surface area (Å²) in [7, 11) is 6.09. The van der Waals surface area contributed by atoms with E-state index in [4.69, 9.17) is 24.7 Å². The fraction of sp³-hybridized carbons (Fsp3) is 0.250. The molecule has 0 unspecified atom stereocenters. The summed E-state index contributed by atoms with van der Waals surface area (Å²) in [6, 6.07) is 8.61. The van der Waals surface area contributed by atoms with Crippen LogP contribution in [-0.4, -0.2) is 34.2 Å². The molecule has 0 heterocycles. The average molecular weight is 357 g/mol. The first kappa shape index (κ1) is 19.2. The zero-order valence-corrected chi connectivity index (χ0v) is 15.6. The van der Waals surface area contributed by atoms with Gasteiger partial charge in [-0.05, 0) is 48.4 Å². The molecular weight excluding hydrogens is 334 g/mol. The van der Waals surface area contributed by atoms with Crippen LogP contribution in [0.1, 0.15) is 22.8 Å². The number of carbonyl (C=O) groups is 1. The third-order valence-corrected chi connectivity index (χ3v) is 3.92. The lowest BCUT2D eigenvalue weighted by atomic mass is 10.0. The third kappa shape index (κ3) is 3.91. The van der Waals surface area contributed by atoms with Gasteiger partial charge in [-0.2, -0.15) is 0 Å². The van der Waals surface area contributed by atoms with Crippen molar-refractivity contribution in [1.29, 1.82) is 0 Å². The van der Waals surface area contributed by atoms with Gasteiger partial charge in [-0.1, -0.05) is 6.07 Å². The Kier molecular flexibility index (Phi) is 6.11. The van der Waals surface area contributed by atoms with Crippen LogP contribution in [0.2, 0.25) is 0 Å². The van der Waals surface area contributed by atoms with E-state index >= 15 is 0 Å².